The van der Waals surface area contributed by atoms with E-state index in [0.717, 1.165) is 29.3 Å². The SMILES string of the molecule is CC1CC(C)CC(C(O)c2ccc(Cl)c3cccnc23)C1. The van der Waals surface area contributed by atoms with Gasteiger partial charge in [-0.1, -0.05) is 31.5 Å². The summed E-state index contributed by atoms with van der Waals surface area (Å²) < 4.78 is 0. The van der Waals surface area contributed by atoms with Crippen LogP contribution in [0.2, 0.25) is 5.02 Å². The number of halogens is 1. The van der Waals surface area contributed by atoms with Crippen molar-refractivity contribution in [1.82, 2.24) is 4.98 Å². The maximum Gasteiger partial charge on any atom is 0.0839 e. The van der Waals surface area contributed by atoms with Crippen molar-refractivity contribution in [3.05, 3.63) is 41.0 Å². The Hall–Kier alpha value is -1.12. The minimum atomic E-state index is -0.454. The lowest BCUT2D eigenvalue weighted by atomic mass is 9.73. The van der Waals surface area contributed by atoms with E-state index in [1.165, 1.54) is 6.42 Å². The molecule has 112 valence electrons. The highest BCUT2D eigenvalue weighted by Gasteiger charge is 2.30. The number of benzene rings is 1. The topological polar surface area (TPSA) is 33.1 Å². The number of aromatic nitrogens is 1. The molecule has 3 rings (SSSR count). The quantitative estimate of drug-likeness (QED) is 0.847. The van der Waals surface area contributed by atoms with Gasteiger partial charge >= 0.3 is 0 Å². The van der Waals surface area contributed by atoms with Crippen molar-refractivity contribution >= 4 is 22.5 Å². The molecule has 0 aliphatic heterocycles. The number of hydrogen-bond acceptors (Lipinski definition) is 2. The van der Waals surface area contributed by atoms with Crippen molar-refractivity contribution in [2.45, 2.75) is 39.2 Å². The van der Waals surface area contributed by atoms with Gasteiger partial charge in [0.05, 0.1) is 11.6 Å². The molecule has 1 aliphatic rings. The molecule has 0 amide bonds. The van der Waals surface area contributed by atoms with Crippen molar-refractivity contribution in [3.8, 4) is 0 Å². The average molecular weight is 304 g/mol. The summed E-state index contributed by atoms with van der Waals surface area (Å²) in [6.07, 6.45) is 4.75. The van der Waals surface area contributed by atoms with E-state index in [0.29, 0.717) is 22.8 Å². The van der Waals surface area contributed by atoms with Crippen molar-refractivity contribution in [2.75, 3.05) is 0 Å². The third-order valence-electron chi connectivity index (χ3n) is 4.73. The van der Waals surface area contributed by atoms with E-state index < -0.39 is 6.10 Å². The van der Waals surface area contributed by atoms with Crippen LogP contribution in [0, 0.1) is 17.8 Å². The standard InChI is InChI=1S/C18H22ClNO/c1-11-8-12(2)10-13(9-11)18(21)15-5-6-16(19)14-4-3-7-20-17(14)15/h3-7,11-13,18,21H,8-10H2,1-2H3. The van der Waals surface area contributed by atoms with Crippen LogP contribution in [0.1, 0.15) is 44.8 Å². The summed E-state index contributed by atoms with van der Waals surface area (Å²) in [6.45, 7) is 4.57. The number of rotatable bonds is 2. The van der Waals surface area contributed by atoms with Crippen molar-refractivity contribution < 1.29 is 5.11 Å². The number of aliphatic hydroxyl groups excluding tert-OH is 1. The average Bonchev–Trinajstić information content (AvgIpc) is 2.46. The van der Waals surface area contributed by atoms with Gasteiger partial charge in [-0.05, 0) is 55.2 Å². The third kappa shape index (κ3) is 2.93. The first kappa shape index (κ1) is 14.8. The molecule has 1 heterocycles. The first-order chi connectivity index (χ1) is 10.1. The molecule has 0 spiro atoms. The Balaban J connectivity index is 1.98. The van der Waals surface area contributed by atoms with Gasteiger partial charge in [-0.3, -0.25) is 4.98 Å². The van der Waals surface area contributed by atoms with Crippen molar-refractivity contribution in [3.63, 3.8) is 0 Å². The molecule has 1 aromatic heterocycles. The molecule has 1 N–H and O–H groups in total. The first-order valence-corrected chi connectivity index (χ1v) is 8.15. The third-order valence-corrected chi connectivity index (χ3v) is 5.06. The van der Waals surface area contributed by atoms with Gasteiger partial charge in [0, 0.05) is 22.2 Å². The van der Waals surface area contributed by atoms with Crippen molar-refractivity contribution in [1.29, 1.82) is 0 Å². The molecule has 1 aromatic carbocycles. The van der Waals surface area contributed by atoms with Crippen LogP contribution in [-0.2, 0) is 0 Å². The summed E-state index contributed by atoms with van der Waals surface area (Å²) in [6, 6.07) is 7.66. The van der Waals surface area contributed by atoms with Gasteiger partial charge in [0.25, 0.3) is 0 Å². The summed E-state index contributed by atoms with van der Waals surface area (Å²) in [5, 5.41) is 12.5. The van der Waals surface area contributed by atoms with E-state index in [1.807, 2.05) is 24.3 Å². The molecule has 1 aliphatic carbocycles. The number of nitrogens with zero attached hydrogens (tertiary/aromatic N) is 1. The second-order valence-electron chi connectivity index (χ2n) is 6.66. The molecule has 0 bridgehead atoms. The van der Waals surface area contributed by atoms with E-state index in [2.05, 4.69) is 18.8 Å². The van der Waals surface area contributed by atoms with Gasteiger partial charge in [-0.2, -0.15) is 0 Å². The maximum absolute atomic E-state index is 10.9. The Kier molecular flexibility index (Phi) is 4.19. The molecule has 2 aromatic rings. The van der Waals surface area contributed by atoms with Crippen LogP contribution in [0.5, 0.6) is 0 Å². The normalized spacial score (nSPS) is 27.7. The summed E-state index contributed by atoms with van der Waals surface area (Å²) in [5.41, 5.74) is 1.75. The molecule has 1 fully saturated rings. The Morgan fingerprint density at radius 2 is 1.86 bits per heavy atom. The molecule has 21 heavy (non-hydrogen) atoms. The number of pyridine rings is 1. The molecule has 3 unspecified atom stereocenters. The smallest absolute Gasteiger partial charge is 0.0839 e. The Morgan fingerprint density at radius 1 is 1.14 bits per heavy atom. The highest BCUT2D eigenvalue weighted by molar-refractivity contribution is 6.35. The lowest BCUT2D eigenvalue weighted by Crippen LogP contribution is -2.24. The van der Waals surface area contributed by atoms with Gasteiger partial charge in [0.15, 0.2) is 0 Å². The van der Waals surface area contributed by atoms with Crippen molar-refractivity contribution in [2.24, 2.45) is 17.8 Å². The van der Waals surface area contributed by atoms with Crippen LogP contribution in [0.3, 0.4) is 0 Å². The van der Waals surface area contributed by atoms with Crippen LogP contribution in [0.25, 0.3) is 10.9 Å². The number of hydrogen-bond donors (Lipinski definition) is 1. The number of fused-ring (bicyclic) bond motifs is 1. The van der Waals surface area contributed by atoms with E-state index in [-0.39, 0.29) is 0 Å². The number of aliphatic hydroxyl groups is 1. The fraction of sp³-hybridized carbons (Fsp3) is 0.500. The fourth-order valence-corrected chi connectivity index (χ4v) is 4.13. The Bertz CT molecular complexity index is 632. The minimum absolute atomic E-state index is 0.315. The van der Waals surface area contributed by atoms with Gasteiger partial charge in [0.1, 0.15) is 0 Å². The molecule has 2 nitrogen and oxygen atoms in total. The van der Waals surface area contributed by atoms with Crippen LogP contribution in [0.4, 0.5) is 0 Å². The zero-order valence-electron chi connectivity index (χ0n) is 12.6. The molecular weight excluding hydrogens is 282 g/mol. The predicted molar refractivity (Wildman–Crippen MR) is 87.4 cm³/mol. The molecule has 3 atom stereocenters. The van der Waals surface area contributed by atoms with Crippen LogP contribution in [-0.4, -0.2) is 10.1 Å². The second kappa shape index (κ2) is 5.94. The van der Waals surface area contributed by atoms with Crippen LogP contribution in [0.15, 0.2) is 30.5 Å². The van der Waals surface area contributed by atoms with Crippen LogP contribution >= 0.6 is 11.6 Å². The van der Waals surface area contributed by atoms with E-state index >= 15 is 0 Å². The molecule has 0 saturated heterocycles. The maximum atomic E-state index is 10.9. The fourth-order valence-electron chi connectivity index (χ4n) is 3.92. The van der Waals surface area contributed by atoms with Gasteiger partial charge in [-0.15, -0.1) is 0 Å². The lowest BCUT2D eigenvalue weighted by molar-refractivity contribution is 0.0560. The monoisotopic (exact) mass is 303 g/mol. The van der Waals surface area contributed by atoms with Crippen LogP contribution < -0.4 is 0 Å². The lowest BCUT2D eigenvalue weighted by Gasteiger charge is -2.34. The zero-order valence-corrected chi connectivity index (χ0v) is 13.3. The van der Waals surface area contributed by atoms with Gasteiger partial charge < -0.3 is 5.11 Å². The molecule has 1 saturated carbocycles. The highest BCUT2D eigenvalue weighted by atomic mass is 35.5. The van der Waals surface area contributed by atoms with Gasteiger partial charge in [-0.25, -0.2) is 0 Å². The molecule has 0 radical (unpaired) electrons. The molecule has 3 heteroatoms. The van der Waals surface area contributed by atoms with E-state index in [1.54, 1.807) is 6.20 Å². The minimum Gasteiger partial charge on any atom is -0.388 e. The Morgan fingerprint density at radius 3 is 2.57 bits per heavy atom. The van der Waals surface area contributed by atoms with Gasteiger partial charge in [0.2, 0.25) is 0 Å². The summed E-state index contributed by atoms with van der Waals surface area (Å²) in [4.78, 5) is 4.45. The largest absolute Gasteiger partial charge is 0.388 e. The zero-order chi connectivity index (χ0) is 15.0. The summed E-state index contributed by atoms with van der Waals surface area (Å²) in [5.74, 6) is 1.68. The second-order valence-corrected chi connectivity index (χ2v) is 7.07. The predicted octanol–water partition coefficient (Wildman–Crippen LogP) is 4.99. The first-order valence-electron chi connectivity index (χ1n) is 7.77. The summed E-state index contributed by atoms with van der Waals surface area (Å²) >= 11 is 6.24. The van der Waals surface area contributed by atoms with E-state index in [4.69, 9.17) is 11.6 Å². The summed E-state index contributed by atoms with van der Waals surface area (Å²) in [7, 11) is 0. The van der Waals surface area contributed by atoms with E-state index in [9.17, 15) is 5.11 Å². The molecular formula is C18H22ClNO. The Labute approximate surface area is 131 Å². The highest BCUT2D eigenvalue weighted by Crippen LogP contribution is 2.41.